The lowest BCUT2D eigenvalue weighted by Crippen LogP contribution is -2.40. The Bertz CT molecular complexity index is 421. The maximum Gasteiger partial charge on any atom is 0.279 e. The summed E-state index contributed by atoms with van der Waals surface area (Å²) in [4.78, 5) is 6.71. The second-order valence-corrected chi connectivity index (χ2v) is 5.97. The van der Waals surface area contributed by atoms with Crippen LogP contribution in [0.1, 0.15) is 31.4 Å². The van der Waals surface area contributed by atoms with Crippen molar-refractivity contribution in [1.82, 2.24) is 19.0 Å². The predicted octanol–water partition coefficient (Wildman–Crippen LogP) is 0.620. The summed E-state index contributed by atoms with van der Waals surface area (Å²) in [5.41, 5.74) is 0.767. The van der Waals surface area contributed by atoms with E-state index >= 15 is 0 Å². The smallest absolute Gasteiger partial charge is 0.279 e. The zero-order chi connectivity index (χ0) is 12.1. The Balaban J connectivity index is 1.93. The minimum absolute atomic E-state index is 0.263. The third-order valence-corrected chi connectivity index (χ3v) is 4.46. The van der Waals surface area contributed by atoms with Crippen LogP contribution in [0.4, 0.5) is 0 Å². The maximum atomic E-state index is 12.0. The molecule has 0 aliphatic carbocycles. The number of aromatic nitrogens is 2. The van der Waals surface area contributed by atoms with Crippen molar-refractivity contribution in [2.24, 2.45) is 0 Å². The quantitative estimate of drug-likeness (QED) is 0.831. The first-order valence-electron chi connectivity index (χ1n) is 5.90. The first-order chi connectivity index (χ1) is 8.18. The van der Waals surface area contributed by atoms with Gasteiger partial charge in [-0.1, -0.05) is 12.8 Å². The molecule has 1 aliphatic rings. The molecular formula is C10H18N4O2S. The summed E-state index contributed by atoms with van der Waals surface area (Å²) in [6.45, 7) is 1.51. The fourth-order valence-electron chi connectivity index (χ4n) is 1.92. The molecule has 2 rings (SSSR count). The summed E-state index contributed by atoms with van der Waals surface area (Å²) < 4.78 is 28.2. The van der Waals surface area contributed by atoms with Crippen molar-refractivity contribution in [3.05, 3.63) is 18.2 Å². The van der Waals surface area contributed by atoms with Gasteiger partial charge in [-0.3, -0.25) is 0 Å². The van der Waals surface area contributed by atoms with Gasteiger partial charge in [0.05, 0.1) is 12.9 Å². The fraction of sp³-hybridized carbons (Fsp3) is 0.700. The Morgan fingerprint density at radius 2 is 2.00 bits per heavy atom. The molecule has 0 radical (unpaired) electrons. The molecule has 0 bridgehead atoms. The van der Waals surface area contributed by atoms with E-state index in [4.69, 9.17) is 0 Å². The Morgan fingerprint density at radius 3 is 2.59 bits per heavy atom. The second kappa shape index (κ2) is 5.61. The first kappa shape index (κ1) is 12.5. The lowest BCUT2D eigenvalue weighted by molar-refractivity contribution is 0.414. The molecule has 0 spiro atoms. The predicted molar refractivity (Wildman–Crippen MR) is 64.4 cm³/mol. The molecular weight excluding hydrogens is 240 g/mol. The molecule has 0 atom stereocenters. The van der Waals surface area contributed by atoms with E-state index in [1.165, 1.54) is 10.6 Å². The summed E-state index contributed by atoms with van der Waals surface area (Å²) >= 11 is 0. The molecule has 0 saturated carbocycles. The minimum atomic E-state index is -3.35. The van der Waals surface area contributed by atoms with Crippen LogP contribution < -0.4 is 4.72 Å². The molecule has 2 N–H and O–H groups in total. The first-order valence-corrected chi connectivity index (χ1v) is 7.34. The molecule has 2 heterocycles. The molecule has 1 aromatic heterocycles. The van der Waals surface area contributed by atoms with Crippen molar-refractivity contribution in [1.29, 1.82) is 0 Å². The highest BCUT2D eigenvalue weighted by atomic mass is 32.2. The number of hydrogen-bond donors (Lipinski definition) is 2. The number of aromatic amines is 1. The van der Waals surface area contributed by atoms with Gasteiger partial charge in [0.25, 0.3) is 10.2 Å². The molecule has 17 heavy (non-hydrogen) atoms. The molecule has 7 heteroatoms. The molecule has 0 amide bonds. The number of rotatable bonds is 4. The van der Waals surface area contributed by atoms with Gasteiger partial charge in [0, 0.05) is 25.0 Å². The normalized spacial score (nSPS) is 19.1. The van der Waals surface area contributed by atoms with Crippen LogP contribution >= 0.6 is 0 Å². The van der Waals surface area contributed by atoms with E-state index in [9.17, 15) is 8.42 Å². The molecule has 1 aliphatic heterocycles. The maximum absolute atomic E-state index is 12.0. The van der Waals surface area contributed by atoms with E-state index in [1.807, 2.05) is 0 Å². The monoisotopic (exact) mass is 258 g/mol. The van der Waals surface area contributed by atoms with Gasteiger partial charge in [0.2, 0.25) is 0 Å². The van der Waals surface area contributed by atoms with Crippen molar-refractivity contribution in [3.8, 4) is 0 Å². The van der Waals surface area contributed by atoms with Gasteiger partial charge in [-0.2, -0.15) is 17.4 Å². The largest absolute Gasteiger partial charge is 0.347 e. The number of nitrogens with one attached hydrogen (secondary N) is 2. The van der Waals surface area contributed by atoms with Crippen LogP contribution in [0.2, 0.25) is 0 Å². The van der Waals surface area contributed by atoms with Gasteiger partial charge in [-0.05, 0) is 12.8 Å². The van der Waals surface area contributed by atoms with Gasteiger partial charge in [0.15, 0.2) is 0 Å². The van der Waals surface area contributed by atoms with Gasteiger partial charge in [-0.15, -0.1) is 0 Å². The molecule has 0 unspecified atom stereocenters. The average molecular weight is 258 g/mol. The van der Waals surface area contributed by atoms with E-state index in [1.54, 1.807) is 6.20 Å². The SMILES string of the molecule is O=S(=O)(NCc1cnc[nH]1)N1CCCCCC1. The van der Waals surface area contributed by atoms with Crippen LogP contribution in [0.5, 0.6) is 0 Å². The molecule has 1 saturated heterocycles. The van der Waals surface area contributed by atoms with Crippen LogP contribution in [0, 0.1) is 0 Å². The van der Waals surface area contributed by atoms with E-state index in [2.05, 4.69) is 14.7 Å². The van der Waals surface area contributed by atoms with Crippen molar-refractivity contribution in [3.63, 3.8) is 0 Å². The molecule has 1 fully saturated rings. The third-order valence-electron chi connectivity index (χ3n) is 2.90. The number of H-pyrrole nitrogens is 1. The molecule has 6 nitrogen and oxygen atoms in total. The van der Waals surface area contributed by atoms with Gasteiger partial charge < -0.3 is 4.98 Å². The average Bonchev–Trinajstić information content (AvgIpc) is 2.66. The second-order valence-electron chi connectivity index (χ2n) is 4.22. The third kappa shape index (κ3) is 3.52. The number of imidazole rings is 1. The van der Waals surface area contributed by atoms with Crippen LogP contribution in [-0.4, -0.2) is 35.8 Å². The number of nitrogens with zero attached hydrogens (tertiary/aromatic N) is 2. The standard InChI is InChI=1S/C10H18N4O2S/c15-17(16,13-8-10-7-11-9-12-10)14-5-3-1-2-4-6-14/h7,9,13H,1-6,8H2,(H,11,12). The lowest BCUT2D eigenvalue weighted by atomic mass is 10.2. The molecule has 96 valence electrons. The van der Waals surface area contributed by atoms with Gasteiger partial charge >= 0.3 is 0 Å². The van der Waals surface area contributed by atoms with Crippen LogP contribution in [0.15, 0.2) is 12.5 Å². The fourth-order valence-corrected chi connectivity index (χ4v) is 3.18. The summed E-state index contributed by atoms with van der Waals surface area (Å²) in [5.74, 6) is 0. The van der Waals surface area contributed by atoms with Crippen molar-refractivity contribution in [2.45, 2.75) is 32.2 Å². The summed E-state index contributed by atoms with van der Waals surface area (Å²) in [5, 5.41) is 0. The minimum Gasteiger partial charge on any atom is -0.347 e. The van der Waals surface area contributed by atoms with Crippen LogP contribution in [-0.2, 0) is 16.8 Å². The van der Waals surface area contributed by atoms with Crippen molar-refractivity contribution < 1.29 is 8.42 Å². The Morgan fingerprint density at radius 1 is 1.29 bits per heavy atom. The highest BCUT2D eigenvalue weighted by Gasteiger charge is 2.22. The topological polar surface area (TPSA) is 78.1 Å². The summed E-state index contributed by atoms with van der Waals surface area (Å²) in [6.07, 6.45) is 7.29. The van der Waals surface area contributed by atoms with E-state index in [0.717, 1.165) is 31.4 Å². The van der Waals surface area contributed by atoms with Gasteiger partial charge in [-0.25, -0.2) is 4.98 Å². The van der Waals surface area contributed by atoms with E-state index in [-0.39, 0.29) is 6.54 Å². The summed E-state index contributed by atoms with van der Waals surface area (Å²) in [7, 11) is -3.35. The van der Waals surface area contributed by atoms with Gasteiger partial charge in [0.1, 0.15) is 0 Å². The molecule has 1 aromatic rings. The Kier molecular flexibility index (Phi) is 4.14. The van der Waals surface area contributed by atoms with Crippen LogP contribution in [0.3, 0.4) is 0 Å². The van der Waals surface area contributed by atoms with E-state index < -0.39 is 10.2 Å². The van der Waals surface area contributed by atoms with Crippen LogP contribution in [0.25, 0.3) is 0 Å². The Hall–Kier alpha value is -0.920. The highest BCUT2D eigenvalue weighted by molar-refractivity contribution is 7.87. The van der Waals surface area contributed by atoms with Crippen molar-refractivity contribution in [2.75, 3.05) is 13.1 Å². The zero-order valence-corrected chi connectivity index (χ0v) is 10.5. The molecule has 0 aromatic carbocycles. The van der Waals surface area contributed by atoms with E-state index in [0.29, 0.717) is 13.1 Å². The Labute approximate surface area is 102 Å². The number of hydrogen-bond acceptors (Lipinski definition) is 3. The highest BCUT2D eigenvalue weighted by Crippen LogP contribution is 2.12. The lowest BCUT2D eigenvalue weighted by Gasteiger charge is -2.19. The van der Waals surface area contributed by atoms with Crippen molar-refractivity contribution >= 4 is 10.2 Å². The summed E-state index contributed by atoms with van der Waals surface area (Å²) in [6, 6.07) is 0. The zero-order valence-electron chi connectivity index (χ0n) is 9.72.